The van der Waals surface area contributed by atoms with E-state index < -0.39 is 23.1 Å². The van der Waals surface area contributed by atoms with E-state index in [0.717, 1.165) is 0 Å². The van der Waals surface area contributed by atoms with Crippen LogP contribution in [0.3, 0.4) is 0 Å². The zero-order chi connectivity index (χ0) is 25.2. The Bertz CT molecular complexity index is 1310. The van der Waals surface area contributed by atoms with Gasteiger partial charge in [0.15, 0.2) is 5.60 Å². The molecular weight excluding hydrogens is 484 g/mol. The van der Waals surface area contributed by atoms with Crippen LogP contribution < -0.4 is 5.32 Å². The molecule has 2 aliphatic heterocycles. The lowest BCUT2D eigenvalue weighted by molar-refractivity contribution is -0.387. The van der Waals surface area contributed by atoms with Crippen LogP contribution in [0.25, 0.3) is 10.9 Å². The second-order valence-electron chi connectivity index (χ2n) is 9.86. The summed E-state index contributed by atoms with van der Waals surface area (Å²) in [6.45, 7) is 0.180. The van der Waals surface area contributed by atoms with Crippen molar-refractivity contribution in [1.82, 2.24) is 20.5 Å². The van der Waals surface area contributed by atoms with Crippen LogP contribution in [0, 0.1) is 5.82 Å². The molecule has 2 saturated heterocycles. The summed E-state index contributed by atoms with van der Waals surface area (Å²) in [5.41, 5.74) is -2.44. The Morgan fingerprint density at radius 1 is 1.00 bits per heavy atom. The SMILES string of the molecule is O=C(NC12CCC(c3nnc(C4(OC(F)(F)F)CCC4)o3)(CC1)OC2)c1ccc2cc(F)ccc2n1. The lowest BCUT2D eigenvalue weighted by atomic mass is 9.71. The number of nitrogens with one attached hydrogen (secondary N) is 1. The summed E-state index contributed by atoms with van der Waals surface area (Å²) >= 11 is 0. The normalized spacial score (nSPS) is 27.1. The molecule has 12 heteroatoms. The Labute approximate surface area is 202 Å². The van der Waals surface area contributed by atoms with Crippen LogP contribution in [0.5, 0.6) is 0 Å². The molecule has 2 aromatic heterocycles. The Hall–Kier alpha value is -3.12. The first-order chi connectivity index (χ1) is 17.1. The van der Waals surface area contributed by atoms with Crippen molar-refractivity contribution in [3.8, 4) is 0 Å². The van der Waals surface area contributed by atoms with E-state index in [9.17, 15) is 22.4 Å². The molecule has 3 aromatic rings. The molecule has 7 rings (SSSR count). The molecule has 4 fully saturated rings. The molecule has 4 aliphatic rings. The summed E-state index contributed by atoms with van der Waals surface area (Å²) in [5.74, 6) is -0.792. The molecule has 1 N–H and O–H groups in total. The molecule has 190 valence electrons. The largest absolute Gasteiger partial charge is 0.523 e. The van der Waals surface area contributed by atoms with Crippen molar-refractivity contribution in [2.24, 2.45) is 0 Å². The number of fused-ring (bicyclic) bond motifs is 4. The number of halogens is 4. The van der Waals surface area contributed by atoms with Crippen molar-refractivity contribution >= 4 is 16.8 Å². The lowest BCUT2D eigenvalue weighted by Crippen LogP contribution is -2.62. The number of aromatic nitrogens is 3. The molecule has 36 heavy (non-hydrogen) atoms. The van der Waals surface area contributed by atoms with Crippen LogP contribution in [-0.4, -0.2) is 39.6 Å². The number of amides is 1. The van der Waals surface area contributed by atoms with E-state index in [-0.39, 0.29) is 48.6 Å². The van der Waals surface area contributed by atoms with Gasteiger partial charge in [-0.2, -0.15) is 0 Å². The number of carbonyl (C=O) groups is 1. The number of rotatable bonds is 5. The zero-order valence-corrected chi connectivity index (χ0v) is 19.0. The monoisotopic (exact) mass is 506 g/mol. The maximum absolute atomic E-state index is 13.4. The molecule has 1 aromatic carbocycles. The number of alkyl halides is 3. The zero-order valence-electron chi connectivity index (χ0n) is 19.0. The first-order valence-corrected chi connectivity index (χ1v) is 11.7. The first kappa shape index (κ1) is 23.3. The van der Waals surface area contributed by atoms with Gasteiger partial charge in [-0.1, -0.05) is 6.07 Å². The molecule has 0 atom stereocenters. The van der Waals surface area contributed by atoms with Gasteiger partial charge >= 0.3 is 6.36 Å². The fourth-order valence-electron chi connectivity index (χ4n) is 5.33. The number of nitrogens with zero attached hydrogens (tertiary/aromatic N) is 3. The van der Waals surface area contributed by atoms with Crippen LogP contribution in [0.1, 0.15) is 67.2 Å². The van der Waals surface area contributed by atoms with Gasteiger partial charge in [0.1, 0.15) is 17.1 Å². The van der Waals surface area contributed by atoms with Crippen molar-refractivity contribution < 1.29 is 36.2 Å². The van der Waals surface area contributed by atoms with Gasteiger partial charge in [0, 0.05) is 5.39 Å². The molecule has 0 spiro atoms. The number of benzene rings is 1. The third kappa shape index (κ3) is 3.92. The minimum atomic E-state index is -4.81. The van der Waals surface area contributed by atoms with Crippen LogP contribution >= 0.6 is 0 Å². The molecule has 4 heterocycles. The fourth-order valence-corrected chi connectivity index (χ4v) is 5.33. The van der Waals surface area contributed by atoms with Gasteiger partial charge in [0.2, 0.25) is 11.8 Å². The summed E-state index contributed by atoms with van der Waals surface area (Å²) in [4.78, 5) is 17.3. The summed E-state index contributed by atoms with van der Waals surface area (Å²) < 4.78 is 68.4. The van der Waals surface area contributed by atoms with Crippen LogP contribution in [0.4, 0.5) is 17.6 Å². The number of pyridine rings is 1. The van der Waals surface area contributed by atoms with E-state index >= 15 is 0 Å². The quantitative estimate of drug-likeness (QED) is 0.504. The Balaban J connectivity index is 1.16. The number of ether oxygens (including phenoxy) is 2. The molecule has 0 unspecified atom stereocenters. The lowest BCUT2D eigenvalue weighted by Gasteiger charge is -2.51. The van der Waals surface area contributed by atoms with E-state index in [1.807, 2.05) is 0 Å². The van der Waals surface area contributed by atoms with Crippen molar-refractivity contribution in [2.75, 3.05) is 6.61 Å². The van der Waals surface area contributed by atoms with Crippen LogP contribution in [0.2, 0.25) is 0 Å². The minimum Gasteiger partial charge on any atom is -0.419 e. The molecule has 2 bridgehead atoms. The Morgan fingerprint density at radius 2 is 1.75 bits per heavy atom. The average Bonchev–Trinajstić information content (AvgIpc) is 3.33. The maximum atomic E-state index is 13.4. The summed E-state index contributed by atoms with van der Waals surface area (Å²) in [6.07, 6.45) is -1.93. The Kier molecular flexibility index (Phi) is 5.14. The third-order valence-electron chi connectivity index (χ3n) is 7.58. The van der Waals surface area contributed by atoms with E-state index in [1.54, 1.807) is 12.1 Å². The molecule has 0 radical (unpaired) electrons. The standard InChI is InChI=1S/C24H22F4N4O4/c25-15-3-5-16-14(12-15)2-4-17(29-16)18(33)30-21-8-10-22(11-9-21,34-13-21)19-31-32-20(35-19)23(6-1-7-23)36-24(26,27)28/h2-5,12H,1,6-11,13H2,(H,30,33). The van der Waals surface area contributed by atoms with Crippen molar-refractivity contribution in [3.63, 3.8) is 0 Å². The predicted molar refractivity (Wildman–Crippen MR) is 115 cm³/mol. The molecular formula is C24H22F4N4O4. The topological polar surface area (TPSA) is 99.4 Å². The van der Waals surface area contributed by atoms with Crippen molar-refractivity contribution in [2.45, 2.75) is 68.0 Å². The minimum absolute atomic E-state index is 0.137. The fraction of sp³-hybridized carbons (Fsp3) is 0.500. The predicted octanol–water partition coefficient (Wildman–Crippen LogP) is 4.64. The summed E-state index contributed by atoms with van der Waals surface area (Å²) in [7, 11) is 0. The molecule has 8 nitrogen and oxygen atoms in total. The van der Waals surface area contributed by atoms with Crippen molar-refractivity contribution in [3.05, 3.63) is 53.6 Å². The third-order valence-corrected chi connectivity index (χ3v) is 7.58. The van der Waals surface area contributed by atoms with Gasteiger partial charge in [-0.25, -0.2) is 9.37 Å². The number of hydrogen-bond acceptors (Lipinski definition) is 7. The molecule has 1 amide bonds. The van der Waals surface area contributed by atoms with Gasteiger partial charge in [0.05, 0.1) is 17.7 Å². The second kappa shape index (κ2) is 7.94. The average molecular weight is 506 g/mol. The highest BCUT2D eigenvalue weighted by atomic mass is 19.4. The van der Waals surface area contributed by atoms with Gasteiger partial charge in [-0.05, 0) is 69.2 Å². The van der Waals surface area contributed by atoms with E-state index in [4.69, 9.17) is 9.15 Å². The van der Waals surface area contributed by atoms with Crippen LogP contribution in [-0.2, 0) is 20.7 Å². The maximum Gasteiger partial charge on any atom is 0.523 e. The van der Waals surface area contributed by atoms with E-state index in [2.05, 4.69) is 25.2 Å². The van der Waals surface area contributed by atoms with E-state index in [0.29, 0.717) is 43.0 Å². The first-order valence-electron chi connectivity index (χ1n) is 11.7. The highest BCUT2D eigenvalue weighted by molar-refractivity contribution is 5.95. The van der Waals surface area contributed by atoms with Crippen molar-refractivity contribution in [1.29, 1.82) is 0 Å². The van der Waals surface area contributed by atoms with Crippen LogP contribution in [0.15, 0.2) is 34.7 Å². The smallest absolute Gasteiger partial charge is 0.419 e. The highest BCUT2D eigenvalue weighted by Crippen LogP contribution is 2.52. The second-order valence-corrected chi connectivity index (χ2v) is 9.86. The highest BCUT2D eigenvalue weighted by Gasteiger charge is 2.56. The van der Waals surface area contributed by atoms with Gasteiger partial charge in [0.25, 0.3) is 5.91 Å². The van der Waals surface area contributed by atoms with Gasteiger partial charge < -0.3 is 14.5 Å². The number of carbonyl (C=O) groups excluding carboxylic acids is 1. The molecule has 2 aliphatic carbocycles. The number of hydrogen-bond donors (Lipinski definition) is 1. The summed E-state index contributed by atoms with van der Waals surface area (Å²) in [6, 6.07) is 7.35. The van der Waals surface area contributed by atoms with Gasteiger partial charge in [-0.15, -0.1) is 23.4 Å². The van der Waals surface area contributed by atoms with E-state index in [1.165, 1.54) is 18.2 Å². The molecule has 2 saturated carbocycles. The Morgan fingerprint density at radius 3 is 2.39 bits per heavy atom. The summed E-state index contributed by atoms with van der Waals surface area (Å²) in [5, 5.41) is 11.6. The van der Waals surface area contributed by atoms with Gasteiger partial charge in [-0.3, -0.25) is 9.53 Å².